The summed E-state index contributed by atoms with van der Waals surface area (Å²) in [7, 11) is 1.35. The second-order valence-electron chi connectivity index (χ2n) is 7.73. The molecule has 0 spiro atoms. The maximum absolute atomic E-state index is 14.1. The van der Waals surface area contributed by atoms with Crippen LogP contribution in [0.15, 0.2) is 101 Å². The van der Waals surface area contributed by atoms with Crippen molar-refractivity contribution in [3.05, 3.63) is 102 Å². The van der Waals surface area contributed by atoms with Crippen molar-refractivity contribution in [1.29, 1.82) is 0 Å². The topological polar surface area (TPSA) is 51.0 Å². The average molecular weight is 451 g/mol. The van der Waals surface area contributed by atoms with E-state index in [1.54, 1.807) is 27.1 Å². The smallest absolute Gasteiger partial charge is 0.340 e. The molecule has 3 heterocycles. The second-order valence-corrected chi connectivity index (χ2v) is 8.82. The highest BCUT2D eigenvalue weighted by Crippen LogP contribution is 2.48. The SMILES string of the molecule is COC(=O)c1cc(C(=O)N2c3ccccc3Sc3ccccc32)n2ccc3ccccc3c12. The third-order valence-electron chi connectivity index (χ3n) is 5.92. The maximum atomic E-state index is 14.1. The van der Waals surface area contributed by atoms with E-state index in [9.17, 15) is 9.59 Å². The first-order valence-corrected chi connectivity index (χ1v) is 11.3. The number of anilines is 2. The van der Waals surface area contributed by atoms with Gasteiger partial charge in [-0.2, -0.15) is 0 Å². The number of hydrogen-bond acceptors (Lipinski definition) is 4. The molecule has 33 heavy (non-hydrogen) atoms. The van der Waals surface area contributed by atoms with Crippen molar-refractivity contribution in [2.24, 2.45) is 0 Å². The number of aromatic nitrogens is 1. The minimum atomic E-state index is -0.474. The minimum absolute atomic E-state index is 0.212. The van der Waals surface area contributed by atoms with Gasteiger partial charge < -0.3 is 9.14 Å². The van der Waals surface area contributed by atoms with Gasteiger partial charge in [-0.1, -0.05) is 60.3 Å². The molecule has 2 aromatic heterocycles. The maximum Gasteiger partial charge on any atom is 0.340 e. The molecule has 1 amide bonds. The first-order valence-electron chi connectivity index (χ1n) is 10.5. The van der Waals surface area contributed by atoms with E-state index < -0.39 is 5.97 Å². The predicted molar refractivity (Wildman–Crippen MR) is 130 cm³/mol. The van der Waals surface area contributed by atoms with E-state index in [2.05, 4.69) is 0 Å². The molecule has 0 bridgehead atoms. The zero-order valence-corrected chi connectivity index (χ0v) is 18.5. The van der Waals surface area contributed by atoms with Crippen LogP contribution in [0.1, 0.15) is 20.8 Å². The van der Waals surface area contributed by atoms with Crippen molar-refractivity contribution in [2.45, 2.75) is 9.79 Å². The number of ether oxygens (including phenoxy) is 1. The summed E-state index contributed by atoms with van der Waals surface area (Å²) in [5.41, 5.74) is 3.07. The van der Waals surface area contributed by atoms with Crippen molar-refractivity contribution in [1.82, 2.24) is 4.40 Å². The number of rotatable bonds is 2. The number of fused-ring (bicyclic) bond motifs is 5. The van der Waals surface area contributed by atoms with Crippen molar-refractivity contribution < 1.29 is 14.3 Å². The average Bonchev–Trinajstić information content (AvgIpc) is 3.26. The van der Waals surface area contributed by atoms with Gasteiger partial charge in [-0.25, -0.2) is 4.79 Å². The van der Waals surface area contributed by atoms with Gasteiger partial charge >= 0.3 is 5.97 Å². The zero-order chi connectivity index (χ0) is 22.5. The summed E-state index contributed by atoms with van der Waals surface area (Å²) in [5, 5.41) is 1.87. The highest BCUT2D eigenvalue weighted by molar-refractivity contribution is 7.99. The van der Waals surface area contributed by atoms with Crippen LogP contribution in [0, 0.1) is 0 Å². The van der Waals surface area contributed by atoms with Gasteiger partial charge in [0.1, 0.15) is 5.69 Å². The van der Waals surface area contributed by atoms with Crippen LogP contribution in [-0.2, 0) is 4.74 Å². The van der Waals surface area contributed by atoms with Crippen LogP contribution in [0.2, 0.25) is 0 Å². The van der Waals surface area contributed by atoms with Crippen molar-refractivity contribution in [2.75, 3.05) is 12.0 Å². The molecule has 5 nitrogen and oxygen atoms in total. The number of hydrogen-bond donors (Lipinski definition) is 0. The molecule has 6 rings (SSSR count). The normalized spacial score (nSPS) is 12.5. The molecule has 0 N–H and O–H groups in total. The van der Waals surface area contributed by atoms with Gasteiger partial charge in [-0.05, 0) is 41.8 Å². The molecule has 0 fully saturated rings. The van der Waals surface area contributed by atoms with E-state index in [-0.39, 0.29) is 5.91 Å². The predicted octanol–water partition coefficient (Wildman–Crippen LogP) is 6.32. The van der Waals surface area contributed by atoms with Crippen molar-refractivity contribution in [3.8, 4) is 0 Å². The fourth-order valence-electron chi connectivity index (χ4n) is 4.44. The highest BCUT2D eigenvalue weighted by Gasteiger charge is 2.31. The third-order valence-corrected chi connectivity index (χ3v) is 7.05. The molecule has 0 atom stereocenters. The number of nitrogens with zero attached hydrogens (tertiary/aromatic N) is 2. The van der Waals surface area contributed by atoms with Crippen molar-refractivity contribution in [3.63, 3.8) is 0 Å². The summed E-state index contributed by atoms with van der Waals surface area (Å²) in [6, 6.07) is 27.1. The van der Waals surface area contributed by atoms with Crippen LogP contribution in [0.4, 0.5) is 11.4 Å². The van der Waals surface area contributed by atoms with Crippen molar-refractivity contribution >= 4 is 51.3 Å². The fourth-order valence-corrected chi connectivity index (χ4v) is 5.49. The zero-order valence-electron chi connectivity index (χ0n) is 17.7. The number of carbonyl (C=O) groups excluding carboxylic acids is 2. The Hall–Kier alpha value is -4.03. The van der Waals surface area contributed by atoms with Crippen LogP contribution >= 0.6 is 11.8 Å². The Morgan fingerprint density at radius 2 is 1.45 bits per heavy atom. The molecule has 1 aliphatic heterocycles. The first kappa shape index (κ1) is 19.6. The molecule has 0 saturated carbocycles. The highest BCUT2D eigenvalue weighted by atomic mass is 32.2. The second kappa shape index (κ2) is 7.53. The largest absolute Gasteiger partial charge is 0.465 e. The Kier molecular flexibility index (Phi) is 4.48. The lowest BCUT2D eigenvalue weighted by atomic mass is 10.1. The van der Waals surface area contributed by atoms with Gasteiger partial charge in [-0.15, -0.1) is 0 Å². The third kappa shape index (κ3) is 2.95. The number of amides is 1. The molecule has 5 aromatic rings. The van der Waals surface area contributed by atoms with E-state index in [1.807, 2.05) is 85.1 Å². The van der Waals surface area contributed by atoms with Gasteiger partial charge in [0.2, 0.25) is 0 Å². The lowest BCUT2D eigenvalue weighted by Crippen LogP contribution is -2.29. The Morgan fingerprint density at radius 3 is 2.15 bits per heavy atom. The van der Waals surface area contributed by atoms with Gasteiger partial charge in [0.25, 0.3) is 5.91 Å². The van der Waals surface area contributed by atoms with E-state index in [0.717, 1.165) is 31.9 Å². The lowest BCUT2D eigenvalue weighted by molar-refractivity contribution is 0.0603. The fraction of sp³-hybridized carbons (Fsp3) is 0.0370. The number of benzene rings is 3. The minimum Gasteiger partial charge on any atom is -0.465 e. The molecule has 3 aromatic carbocycles. The number of carbonyl (C=O) groups is 2. The number of esters is 1. The van der Waals surface area contributed by atoms with E-state index in [1.165, 1.54) is 7.11 Å². The monoisotopic (exact) mass is 450 g/mol. The van der Waals surface area contributed by atoms with E-state index >= 15 is 0 Å². The van der Waals surface area contributed by atoms with E-state index in [0.29, 0.717) is 16.8 Å². The number of methoxy groups -OCH3 is 1. The quantitative estimate of drug-likeness (QED) is 0.295. The van der Waals surface area contributed by atoms with Crippen LogP contribution in [0.3, 0.4) is 0 Å². The molecule has 1 aliphatic rings. The Balaban J connectivity index is 1.62. The molecule has 160 valence electrons. The molecule has 0 radical (unpaired) electrons. The molecular weight excluding hydrogens is 432 g/mol. The Morgan fingerprint density at radius 1 is 0.818 bits per heavy atom. The molecule has 0 saturated heterocycles. The lowest BCUT2D eigenvalue weighted by Gasteiger charge is -2.30. The van der Waals surface area contributed by atoms with Gasteiger partial charge in [-0.3, -0.25) is 9.69 Å². The van der Waals surface area contributed by atoms with Crippen LogP contribution in [0.5, 0.6) is 0 Å². The number of para-hydroxylation sites is 2. The van der Waals surface area contributed by atoms with Crippen LogP contribution in [0.25, 0.3) is 16.3 Å². The summed E-state index contributed by atoms with van der Waals surface area (Å²) >= 11 is 1.64. The summed E-state index contributed by atoms with van der Waals surface area (Å²) in [5.74, 6) is -0.687. The van der Waals surface area contributed by atoms with Crippen LogP contribution in [-0.4, -0.2) is 23.4 Å². The molecular formula is C27H18N2O3S. The standard InChI is InChI=1S/C27H18N2O3S/c1-32-27(31)19-16-22(28-15-14-17-8-2-3-9-18(17)25(19)28)26(30)29-20-10-4-6-12-23(20)33-24-13-7-5-11-21(24)29/h2-16H,1H3. The number of pyridine rings is 1. The van der Waals surface area contributed by atoms with Gasteiger partial charge in [0.15, 0.2) is 0 Å². The molecule has 6 heteroatoms. The Bertz CT molecular complexity index is 1540. The Labute approximate surface area is 194 Å². The summed E-state index contributed by atoms with van der Waals surface area (Å²) in [6.45, 7) is 0. The van der Waals surface area contributed by atoms with Gasteiger partial charge in [0.05, 0.1) is 29.6 Å². The molecule has 0 aliphatic carbocycles. The van der Waals surface area contributed by atoms with Gasteiger partial charge in [0, 0.05) is 21.4 Å². The van der Waals surface area contributed by atoms with E-state index in [4.69, 9.17) is 4.74 Å². The first-order chi connectivity index (χ1) is 16.2. The summed E-state index contributed by atoms with van der Waals surface area (Å²) in [6.07, 6.45) is 1.84. The van der Waals surface area contributed by atoms with Crippen LogP contribution < -0.4 is 4.90 Å². The summed E-state index contributed by atoms with van der Waals surface area (Å²) < 4.78 is 6.86. The molecule has 0 unspecified atom stereocenters. The summed E-state index contributed by atoms with van der Waals surface area (Å²) in [4.78, 5) is 30.6.